The maximum atomic E-state index is 5.94. The Labute approximate surface area is 75.0 Å². The summed E-state index contributed by atoms with van der Waals surface area (Å²) in [7, 11) is 0. The standard InChI is InChI=1S/C11H19N/c1-7-5-9-6-10(12)3-4-11(9)8(7)2/h4,7-10H,3,5-6,12H2,1-2H3. The molecule has 0 aromatic carbocycles. The van der Waals surface area contributed by atoms with Crippen molar-refractivity contribution in [1.82, 2.24) is 0 Å². The number of hydrogen-bond donors (Lipinski definition) is 1. The van der Waals surface area contributed by atoms with Crippen molar-refractivity contribution in [2.75, 3.05) is 0 Å². The Morgan fingerprint density at radius 1 is 1.33 bits per heavy atom. The molecule has 1 nitrogen and oxygen atoms in total. The fraction of sp³-hybridized carbons (Fsp3) is 0.818. The summed E-state index contributed by atoms with van der Waals surface area (Å²) in [5.41, 5.74) is 7.65. The minimum absolute atomic E-state index is 0.441. The van der Waals surface area contributed by atoms with Crippen LogP contribution < -0.4 is 5.73 Å². The molecule has 0 aliphatic heterocycles. The number of rotatable bonds is 0. The van der Waals surface area contributed by atoms with Crippen LogP contribution >= 0.6 is 0 Å². The first-order valence-electron chi connectivity index (χ1n) is 5.14. The monoisotopic (exact) mass is 165 g/mol. The zero-order valence-corrected chi connectivity index (χ0v) is 8.09. The van der Waals surface area contributed by atoms with Crippen molar-refractivity contribution in [3.05, 3.63) is 11.6 Å². The molecule has 0 saturated heterocycles. The fourth-order valence-corrected chi connectivity index (χ4v) is 2.82. The van der Waals surface area contributed by atoms with Crippen LogP contribution in [0.1, 0.15) is 33.1 Å². The summed E-state index contributed by atoms with van der Waals surface area (Å²) in [6.07, 6.45) is 6.14. The van der Waals surface area contributed by atoms with E-state index in [1.54, 1.807) is 5.57 Å². The quantitative estimate of drug-likeness (QED) is 0.548. The van der Waals surface area contributed by atoms with Crippen LogP contribution in [-0.2, 0) is 0 Å². The Morgan fingerprint density at radius 3 is 2.83 bits per heavy atom. The lowest BCUT2D eigenvalue weighted by Gasteiger charge is -2.23. The first kappa shape index (κ1) is 8.31. The molecule has 1 heteroatoms. The van der Waals surface area contributed by atoms with Gasteiger partial charge in [0.15, 0.2) is 0 Å². The molecular weight excluding hydrogens is 146 g/mol. The molecule has 0 radical (unpaired) electrons. The summed E-state index contributed by atoms with van der Waals surface area (Å²) < 4.78 is 0. The molecule has 1 saturated carbocycles. The predicted molar refractivity (Wildman–Crippen MR) is 51.7 cm³/mol. The van der Waals surface area contributed by atoms with Gasteiger partial charge in [0.25, 0.3) is 0 Å². The molecule has 1 fully saturated rings. The number of nitrogens with two attached hydrogens (primary N) is 1. The second-order valence-corrected chi connectivity index (χ2v) is 4.63. The molecule has 2 N–H and O–H groups in total. The Hall–Kier alpha value is -0.300. The van der Waals surface area contributed by atoms with Gasteiger partial charge in [-0.05, 0) is 37.0 Å². The third-order valence-corrected chi connectivity index (χ3v) is 3.75. The van der Waals surface area contributed by atoms with Gasteiger partial charge in [-0.2, -0.15) is 0 Å². The summed E-state index contributed by atoms with van der Waals surface area (Å²) >= 11 is 0. The van der Waals surface area contributed by atoms with Crippen molar-refractivity contribution >= 4 is 0 Å². The number of allylic oxidation sites excluding steroid dienone is 1. The van der Waals surface area contributed by atoms with Gasteiger partial charge in [0.2, 0.25) is 0 Å². The van der Waals surface area contributed by atoms with E-state index in [9.17, 15) is 0 Å². The lowest BCUT2D eigenvalue weighted by atomic mass is 9.85. The maximum Gasteiger partial charge on any atom is 0.00792 e. The van der Waals surface area contributed by atoms with E-state index in [0.717, 1.165) is 24.2 Å². The van der Waals surface area contributed by atoms with Gasteiger partial charge in [0.05, 0.1) is 0 Å². The van der Waals surface area contributed by atoms with Gasteiger partial charge in [-0.15, -0.1) is 0 Å². The van der Waals surface area contributed by atoms with Crippen molar-refractivity contribution in [2.45, 2.75) is 39.2 Å². The average Bonchev–Trinajstić information content (AvgIpc) is 2.28. The number of hydrogen-bond acceptors (Lipinski definition) is 1. The van der Waals surface area contributed by atoms with E-state index in [1.165, 1.54) is 12.8 Å². The summed E-state index contributed by atoms with van der Waals surface area (Å²) in [6.45, 7) is 4.74. The van der Waals surface area contributed by atoms with E-state index < -0.39 is 0 Å². The Balaban J connectivity index is 2.18. The summed E-state index contributed by atoms with van der Waals surface area (Å²) in [4.78, 5) is 0. The normalized spacial score (nSPS) is 47.1. The predicted octanol–water partition coefficient (Wildman–Crippen LogP) is 2.33. The van der Waals surface area contributed by atoms with E-state index in [2.05, 4.69) is 19.9 Å². The molecule has 0 bridgehead atoms. The highest BCUT2D eigenvalue weighted by molar-refractivity contribution is 5.20. The van der Waals surface area contributed by atoms with Gasteiger partial charge in [0, 0.05) is 6.04 Å². The maximum absolute atomic E-state index is 5.94. The highest BCUT2D eigenvalue weighted by atomic mass is 14.6. The van der Waals surface area contributed by atoms with Gasteiger partial charge in [0.1, 0.15) is 0 Å². The van der Waals surface area contributed by atoms with Crippen LogP contribution in [0.5, 0.6) is 0 Å². The van der Waals surface area contributed by atoms with Crippen molar-refractivity contribution < 1.29 is 0 Å². The molecule has 0 aromatic heterocycles. The summed E-state index contributed by atoms with van der Waals surface area (Å²) in [5, 5.41) is 0. The average molecular weight is 165 g/mol. The topological polar surface area (TPSA) is 26.0 Å². The molecule has 4 atom stereocenters. The largest absolute Gasteiger partial charge is 0.327 e. The van der Waals surface area contributed by atoms with Crippen LogP contribution in [0.3, 0.4) is 0 Å². The molecule has 12 heavy (non-hydrogen) atoms. The Morgan fingerprint density at radius 2 is 2.08 bits per heavy atom. The molecule has 68 valence electrons. The molecule has 2 aliphatic rings. The van der Waals surface area contributed by atoms with Crippen molar-refractivity contribution in [3.63, 3.8) is 0 Å². The highest BCUT2D eigenvalue weighted by Crippen LogP contribution is 2.45. The lowest BCUT2D eigenvalue weighted by molar-refractivity contribution is 0.438. The van der Waals surface area contributed by atoms with E-state index in [0.29, 0.717) is 6.04 Å². The van der Waals surface area contributed by atoms with Crippen molar-refractivity contribution in [3.8, 4) is 0 Å². The van der Waals surface area contributed by atoms with Crippen LogP contribution in [-0.4, -0.2) is 6.04 Å². The van der Waals surface area contributed by atoms with E-state index >= 15 is 0 Å². The molecule has 0 amide bonds. The van der Waals surface area contributed by atoms with Crippen LogP contribution in [0.2, 0.25) is 0 Å². The Bertz CT molecular complexity index is 207. The minimum atomic E-state index is 0.441. The van der Waals surface area contributed by atoms with Crippen LogP contribution in [0.4, 0.5) is 0 Å². The van der Waals surface area contributed by atoms with Gasteiger partial charge in [-0.3, -0.25) is 0 Å². The first-order chi connectivity index (χ1) is 5.68. The SMILES string of the molecule is CC1CC2CC(N)CC=C2C1C. The zero-order valence-electron chi connectivity index (χ0n) is 8.09. The minimum Gasteiger partial charge on any atom is -0.327 e. The lowest BCUT2D eigenvalue weighted by Crippen LogP contribution is -2.26. The van der Waals surface area contributed by atoms with Crippen LogP contribution in [0.25, 0.3) is 0 Å². The van der Waals surface area contributed by atoms with Crippen molar-refractivity contribution in [1.29, 1.82) is 0 Å². The highest BCUT2D eigenvalue weighted by Gasteiger charge is 2.35. The Kier molecular flexibility index (Phi) is 1.99. The fourth-order valence-electron chi connectivity index (χ4n) is 2.82. The summed E-state index contributed by atoms with van der Waals surface area (Å²) in [5.74, 6) is 2.53. The van der Waals surface area contributed by atoms with E-state index in [-0.39, 0.29) is 0 Å². The second-order valence-electron chi connectivity index (χ2n) is 4.63. The first-order valence-corrected chi connectivity index (χ1v) is 5.14. The smallest absolute Gasteiger partial charge is 0.00792 e. The molecule has 0 spiro atoms. The zero-order chi connectivity index (χ0) is 8.72. The summed E-state index contributed by atoms with van der Waals surface area (Å²) in [6, 6.07) is 0.441. The number of fused-ring (bicyclic) bond motifs is 1. The molecule has 0 aromatic rings. The molecule has 2 aliphatic carbocycles. The second kappa shape index (κ2) is 2.88. The van der Waals surface area contributed by atoms with Crippen LogP contribution in [0, 0.1) is 17.8 Å². The molecular formula is C11H19N. The van der Waals surface area contributed by atoms with Crippen LogP contribution in [0.15, 0.2) is 11.6 Å². The van der Waals surface area contributed by atoms with Gasteiger partial charge in [-0.1, -0.05) is 25.5 Å². The van der Waals surface area contributed by atoms with Crippen molar-refractivity contribution in [2.24, 2.45) is 23.5 Å². The van der Waals surface area contributed by atoms with E-state index in [1.807, 2.05) is 0 Å². The van der Waals surface area contributed by atoms with Gasteiger partial charge >= 0.3 is 0 Å². The van der Waals surface area contributed by atoms with Gasteiger partial charge in [-0.25, -0.2) is 0 Å². The molecule has 4 unspecified atom stereocenters. The van der Waals surface area contributed by atoms with Gasteiger partial charge < -0.3 is 5.73 Å². The van der Waals surface area contributed by atoms with E-state index in [4.69, 9.17) is 5.73 Å². The molecule has 0 heterocycles. The third-order valence-electron chi connectivity index (χ3n) is 3.75. The third kappa shape index (κ3) is 1.20. The molecule has 2 rings (SSSR count).